The van der Waals surface area contributed by atoms with E-state index in [-0.39, 0.29) is 0 Å². The molecule has 0 bridgehead atoms. The molecular weight excluding hydrogens is 148 g/mol. The quantitative estimate of drug-likeness (QED) is 0.675. The van der Waals surface area contributed by atoms with Crippen molar-refractivity contribution in [3.05, 3.63) is 24.0 Å². The maximum absolute atomic E-state index is 6.50. The van der Waals surface area contributed by atoms with Gasteiger partial charge in [0.1, 0.15) is 0 Å². The van der Waals surface area contributed by atoms with Crippen LogP contribution in [-0.2, 0) is 6.54 Å². The van der Waals surface area contributed by atoms with Gasteiger partial charge in [0.05, 0.1) is 0 Å². The van der Waals surface area contributed by atoms with E-state index in [0.29, 0.717) is 0 Å². The molecule has 1 aromatic rings. The van der Waals surface area contributed by atoms with Crippen molar-refractivity contribution >= 4 is 0 Å². The summed E-state index contributed by atoms with van der Waals surface area (Å²) in [7, 11) is 0. The third kappa shape index (κ3) is 3.82. The van der Waals surface area contributed by atoms with E-state index in [1.54, 1.807) is 0 Å². The van der Waals surface area contributed by atoms with Crippen molar-refractivity contribution in [2.75, 3.05) is 0 Å². The van der Waals surface area contributed by atoms with Crippen molar-refractivity contribution in [3.8, 4) is 6.57 Å². The molecule has 1 aromatic heterocycles. The predicted octanol–water partition coefficient (Wildman–Crippen LogP) is 2.74. The van der Waals surface area contributed by atoms with Crippen LogP contribution in [0.1, 0.15) is 25.3 Å². The molecule has 0 aliphatic heterocycles. The highest BCUT2D eigenvalue weighted by Gasteiger charge is 1.89. The highest BCUT2D eigenvalue weighted by molar-refractivity contribution is 5.06. The molecule has 1 heterocycles. The Bertz CT molecular complexity index is 223. The first kappa shape index (κ1) is 10.8. The van der Waals surface area contributed by atoms with Gasteiger partial charge in [-0.05, 0) is 25.0 Å². The number of aryl methyl sites for hydroxylation is 2. The van der Waals surface area contributed by atoms with Gasteiger partial charge < -0.3 is 4.57 Å². The summed E-state index contributed by atoms with van der Waals surface area (Å²) in [4.78, 5) is 0. The maximum atomic E-state index is 6.50. The normalized spacial score (nSPS) is 8.67. The minimum absolute atomic E-state index is 1.17. The lowest BCUT2D eigenvalue weighted by molar-refractivity contribution is 0.634. The second kappa shape index (κ2) is 6.48. The smallest absolute Gasteiger partial charge is 0.0462 e. The fraction of sp³-hybridized carbons (Fsp3) is 0.500. The summed E-state index contributed by atoms with van der Waals surface area (Å²) in [5, 5.41) is 6.50. The lowest BCUT2D eigenvalue weighted by Gasteiger charge is -1.98. The van der Waals surface area contributed by atoms with Crippen LogP contribution in [0.15, 0.2) is 18.5 Å². The van der Waals surface area contributed by atoms with Gasteiger partial charge >= 0.3 is 0 Å². The van der Waals surface area contributed by atoms with Gasteiger partial charge in [0.15, 0.2) is 0 Å². The molecule has 0 aliphatic carbocycles. The predicted molar refractivity (Wildman–Crippen MR) is 50.7 cm³/mol. The Morgan fingerprint density at radius 3 is 2.58 bits per heavy atom. The van der Waals surface area contributed by atoms with Crippen molar-refractivity contribution in [2.24, 2.45) is 0 Å². The maximum Gasteiger partial charge on any atom is 0.0462 e. The van der Waals surface area contributed by atoms with E-state index in [0.717, 1.165) is 0 Å². The van der Waals surface area contributed by atoms with Crippen LogP contribution >= 0.6 is 0 Å². The third-order valence-electron chi connectivity index (χ3n) is 1.67. The van der Waals surface area contributed by atoms with Crippen molar-refractivity contribution < 1.29 is 0 Å². The van der Waals surface area contributed by atoms with Gasteiger partial charge in [0.25, 0.3) is 0 Å². The second-order valence-corrected chi connectivity index (χ2v) is 2.78. The molecular formula is C10H16N2. The number of aromatic nitrogens is 1. The second-order valence-electron chi connectivity index (χ2n) is 2.78. The van der Waals surface area contributed by atoms with Crippen LogP contribution in [0.4, 0.5) is 0 Å². The molecule has 0 spiro atoms. The fourth-order valence-corrected chi connectivity index (χ4v) is 1.04. The minimum Gasteiger partial charge on any atom is -0.354 e. The Morgan fingerprint density at radius 1 is 1.50 bits per heavy atom. The Morgan fingerprint density at radius 2 is 2.17 bits per heavy atom. The molecule has 66 valence electrons. The van der Waals surface area contributed by atoms with Crippen LogP contribution in [0.3, 0.4) is 0 Å². The number of rotatable bonds is 3. The van der Waals surface area contributed by atoms with Crippen LogP contribution in [-0.4, -0.2) is 4.57 Å². The number of hydrogen-bond donors (Lipinski definition) is 0. The van der Waals surface area contributed by atoms with E-state index in [2.05, 4.69) is 43.4 Å². The van der Waals surface area contributed by atoms with E-state index in [1.807, 2.05) is 0 Å². The Hall–Kier alpha value is -1.23. The lowest BCUT2D eigenvalue weighted by atomic mass is 10.3. The zero-order valence-corrected chi connectivity index (χ0v) is 7.83. The largest absolute Gasteiger partial charge is 0.354 e. The summed E-state index contributed by atoms with van der Waals surface area (Å²) in [6, 6.07) is 2.15. The van der Waals surface area contributed by atoms with Gasteiger partial charge in [-0.25, -0.2) is 5.26 Å². The van der Waals surface area contributed by atoms with E-state index in [9.17, 15) is 0 Å². The minimum atomic E-state index is 1.17. The standard InChI is InChI=1S/C9H15N.CHN/c1-3-4-6-10-7-5-9(2)8-10;1-2/h5,7-8H,3-4,6H2,1-2H3;1H. The molecule has 0 saturated carbocycles. The van der Waals surface area contributed by atoms with Gasteiger partial charge in [-0.1, -0.05) is 13.3 Å². The van der Waals surface area contributed by atoms with E-state index in [4.69, 9.17) is 5.26 Å². The molecule has 0 aromatic carbocycles. The molecule has 0 amide bonds. The highest BCUT2D eigenvalue weighted by Crippen LogP contribution is 2.00. The van der Waals surface area contributed by atoms with Gasteiger partial charge in [0.2, 0.25) is 0 Å². The number of unbranched alkanes of at least 4 members (excludes halogenated alkanes) is 1. The molecule has 1 rings (SSSR count). The van der Waals surface area contributed by atoms with Crippen LogP contribution < -0.4 is 0 Å². The van der Waals surface area contributed by atoms with Gasteiger partial charge in [0, 0.05) is 25.5 Å². The van der Waals surface area contributed by atoms with Crippen molar-refractivity contribution in [3.63, 3.8) is 0 Å². The summed E-state index contributed by atoms with van der Waals surface area (Å²) >= 11 is 0. The first-order chi connectivity index (χ1) is 5.83. The zero-order chi connectivity index (χ0) is 9.40. The molecule has 0 N–H and O–H groups in total. The summed E-state index contributed by atoms with van der Waals surface area (Å²) in [5.41, 5.74) is 1.36. The number of hydrogen-bond acceptors (Lipinski definition) is 1. The topological polar surface area (TPSA) is 28.7 Å². The summed E-state index contributed by atoms with van der Waals surface area (Å²) in [6.45, 7) is 9.02. The van der Waals surface area contributed by atoms with Crippen molar-refractivity contribution in [1.29, 1.82) is 5.26 Å². The van der Waals surface area contributed by atoms with Gasteiger partial charge in [-0.3, -0.25) is 0 Å². The molecule has 12 heavy (non-hydrogen) atoms. The number of nitrogens with zero attached hydrogens (tertiary/aromatic N) is 2. The molecule has 0 unspecified atom stereocenters. The average Bonchev–Trinajstić information content (AvgIpc) is 2.51. The Labute approximate surface area is 74.4 Å². The Balaban J connectivity index is 0.000000561. The first-order valence-corrected chi connectivity index (χ1v) is 4.21. The summed E-state index contributed by atoms with van der Waals surface area (Å²) in [6.07, 6.45) is 6.89. The summed E-state index contributed by atoms with van der Waals surface area (Å²) < 4.78 is 2.25. The average molecular weight is 164 g/mol. The zero-order valence-electron chi connectivity index (χ0n) is 7.83. The number of nitriles is 1. The van der Waals surface area contributed by atoms with Gasteiger partial charge in [-0.2, -0.15) is 0 Å². The third-order valence-corrected chi connectivity index (χ3v) is 1.67. The molecule has 0 fully saturated rings. The van der Waals surface area contributed by atoms with Crippen LogP contribution in [0, 0.1) is 18.8 Å². The van der Waals surface area contributed by atoms with Crippen LogP contribution in [0.25, 0.3) is 0 Å². The van der Waals surface area contributed by atoms with E-state index >= 15 is 0 Å². The van der Waals surface area contributed by atoms with Crippen LogP contribution in [0.2, 0.25) is 0 Å². The Kier molecular flexibility index (Phi) is 5.81. The molecule has 0 radical (unpaired) electrons. The van der Waals surface area contributed by atoms with Crippen molar-refractivity contribution in [1.82, 2.24) is 4.57 Å². The van der Waals surface area contributed by atoms with E-state index in [1.165, 1.54) is 24.9 Å². The van der Waals surface area contributed by atoms with E-state index < -0.39 is 0 Å². The molecule has 2 heteroatoms. The molecule has 0 atom stereocenters. The van der Waals surface area contributed by atoms with Gasteiger partial charge in [-0.15, -0.1) is 0 Å². The van der Waals surface area contributed by atoms with Crippen LogP contribution in [0.5, 0.6) is 0 Å². The lowest BCUT2D eigenvalue weighted by Crippen LogP contribution is -1.92. The van der Waals surface area contributed by atoms with Crippen molar-refractivity contribution in [2.45, 2.75) is 33.2 Å². The highest BCUT2D eigenvalue weighted by atomic mass is 14.9. The molecule has 2 nitrogen and oxygen atoms in total. The molecule has 0 saturated heterocycles. The SMILES string of the molecule is C#N.CCCCn1ccc(C)c1. The molecule has 0 aliphatic rings. The first-order valence-electron chi connectivity index (χ1n) is 4.21. The monoisotopic (exact) mass is 164 g/mol. The fourth-order valence-electron chi connectivity index (χ4n) is 1.04. The summed E-state index contributed by atoms with van der Waals surface area (Å²) in [5.74, 6) is 0.